The summed E-state index contributed by atoms with van der Waals surface area (Å²) in [5.41, 5.74) is 0.269. The molecule has 10 heavy (non-hydrogen) atoms. The predicted octanol–water partition coefficient (Wildman–Crippen LogP) is 2.44. The van der Waals surface area contributed by atoms with Crippen molar-refractivity contribution >= 4 is 0 Å². The van der Waals surface area contributed by atoms with Gasteiger partial charge in [0.1, 0.15) is 0 Å². The van der Waals surface area contributed by atoms with Gasteiger partial charge in [-0.25, -0.2) is 0 Å². The van der Waals surface area contributed by atoms with Gasteiger partial charge in [-0.2, -0.15) is 0 Å². The van der Waals surface area contributed by atoms with Gasteiger partial charge in [0.25, 0.3) is 0 Å². The molecular formula is C9H20O. The van der Waals surface area contributed by atoms with E-state index in [0.29, 0.717) is 12.5 Å². The lowest BCUT2D eigenvalue weighted by Gasteiger charge is -2.28. The summed E-state index contributed by atoms with van der Waals surface area (Å²) in [4.78, 5) is 0. The topological polar surface area (TPSA) is 20.2 Å². The van der Waals surface area contributed by atoms with E-state index in [0.717, 1.165) is 6.42 Å². The Labute approximate surface area is 64.5 Å². The van der Waals surface area contributed by atoms with Gasteiger partial charge in [-0.3, -0.25) is 0 Å². The molecule has 0 fully saturated rings. The maximum atomic E-state index is 8.99. The van der Waals surface area contributed by atoms with E-state index >= 15 is 0 Å². The second-order valence-corrected chi connectivity index (χ2v) is 4.03. The molecular weight excluding hydrogens is 124 g/mol. The molecule has 0 radical (unpaired) electrons. The van der Waals surface area contributed by atoms with Crippen LogP contribution < -0.4 is 0 Å². The van der Waals surface area contributed by atoms with Crippen molar-refractivity contribution in [2.24, 2.45) is 11.3 Å². The average molecular weight is 144 g/mol. The van der Waals surface area contributed by atoms with Crippen LogP contribution in [0.4, 0.5) is 0 Å². The van der Waals surface area contributed by atoms with Crippen molar-refractivity contribution in [3.8, 4) is 0 Å². The van der Waals surface area contributed by atoms with Crippen molar-refractivity contribution < 1.29 is 5.11 Å². The highest BCUT2D eigenvalue weighted by Gasteiger charge is 2.22. The molecule has 0 saturated carbocycles. The molecule has 0 aromatic heterocycles. The van der Waals surface area contributed by atoms with Crippen molar-refractivity contribution in [2.75, 3.05) is 6.61 Å². The fraction of sp³-hybridized carbons (Fsp3) is 1.00. The molecule has 1 atom stereocenters. The Kier molecular flexibility index (Phi) is 3.95. The van der Waals surface area contributed by atoms with Gasteiger partial charge in [0.05, 0.1) is 0 Å². The van der Waals surface area contributed by atoms with Crippen LogP contribution in [0, 0.1) is 11.3 Å². The lowest BCUT2D eigenvalue weighted by atomic mass is 9.79. The maximum absolute atomic E-state index is 8.99. The van der Waals surface area contributed by atoms with Crippen LogP contribution in [-0.2, 0) is 0 Å². The first-order chi connectivity index (χ1) is 4.52. The first-order valence-corrected chi connectivity index (χ1v) is 4.13. The lowest BCUT2D eigenvalue weighted by molar-refractivity contribution is 0.122. The van der Waals surface area contributed by atoms with Crippen molar-refractivity contribution in [1.82, 2.24) is 0 Å². The van der Waals surface area contributed by atoms with Crippen LogP contribution in [0.15, 0.2) is 0 Å². The number of aliphatic hydroxyl groups excluding tert-OH is 1. The molecule has 1 N–H and O–H groups in total. The van der Waals surface area contributed by atoms with E-state index in [2.05, 4.69) is 27.7 Å². The zero-order valence-corrected chi connectivity index (χ0v) is 7.65. The van der Waals surface area contributed by atoms with Gasteiger partial charge >= 0.3 is 0 Å². The van der Waals surface area contributed by atoms with Gasteiger partial charge in [-0.15, -0.1) is 0 Å². The van der Waals surface area contributed by atoms with E-state index in [1.54, 1.807) is 0 Å². The molecule has 62 valence electrons. The summed E-state index contributed by atoms with van der Waals surface area (Å²) >= 11 is 0. The predicted molar refractivity (Wildman–Crippen MR) is 44.9 cm³/mol. The Hall–Kier alpha value is -0.0400. The fourth-order valence-corrected chi connectivity index (χ4v) is 1.15. The van der Waals surface area contributed by atoms with Crippen LogP contribution in [0.5, 0.6) is 0 Å². The quantitative estimate of drug-likeness (QED) is 0.645. The zero-order chi connectivity index (χ0) is 8.20. The minimum absolute atomic E-state index is 0.269. The standard InChI is InChI=1S/C9H20O/c1-5-6-8(7-10)9(2,3)4/h8,10H,5-7H2,1-4H3. The summed E-state index contributed by atoms with van der Waals surface area (Å²) in [5, 5.41) is 8.99. The summed E-state index contributed by atoms with van der Waals surface area (Å²) in [5.74, 6) is 0.470. The second-order valence-electron chi connectivity index (χ2n) is 4.03. The number of aliphatic hydroxyl groups is 1. The molecule has 0 saturated heterocycles. The average Bonchev–Trinajstić information content (AvgIpc) is 1.80. The first-order valence-electron chi connectivity index (χ1n) is 4.13. The van der Waals surface area contributed by atoms with E-state index in [4.69, 9.17) is 5.11 Å². The molecule has 1 heteroatoms. The van der Waals surface area contributed by atoms with Gasteiger partial charge in [-0.05, 0) is 17.8 Å². The molecule has 0 aliphatic heterocycles. The monoisotopic (exact) mass is 144 g/mol. The van der Waals surface area contributed by atoms with Crippen LogP contribution in [0.2, 0.25) is 0 Å². The molecule has 1 nitrogen and oxygen atoms in total. The molecule has 0 spiro atoms. The molecule has 0 bridgehead atoms. The van der Waals surface area contributed by atoms with Gasteiger partial charge in [-0.1, -0.05) is 34.1 Å². The van der Waals surface area contributed by atoms with Gasteiger partial charge < -0.3 is 5.11 Å². The SMILES string of the molecule is CCCC(CO)C(C)(C)C. The molecule has 0 aliphatic rings. The van der Waals surface area contributed by atoms with Gasteiger partial charge in [0, 0.05) is 6.61 Å². The smallest absolute Gasteiger partial charge is 0.0464 e. The minimum Gasteiger partial charge on any atom is -0.396 e. The molecule has 0 aromatic rings. The Morgan fingerprint density at radius 1 is 1.30 bits per heavy atom. The van der Waals surface area contributed by atoms with Crippen LogP contribution >= 0.6 is 0 Å². The molecule has 0 heterocycles. The summed E-state index contributed by atoms with van der Waals surface area (Å²) in [6, 6.07) is 0. The number of hydrogen-bond acceptors (Lipinski definition) is 1. The van der Waals surface area contributed by atoms with Crippen molar-refractivity contribution in [2.45, 2.75) is 40.5 Å². The van der Waals surface area contributed by atoms with E-state index in [1.807, 2.05) is 0 Å². The Morgan fingerprint density at radius 2 is 1.80 bits per heavy atom. The van der Waals surface area contributed by atoms with E-state index in [1.165, 1.54) is 6.42 Å². The minimum atomic E-state index is 0.269. The maximum Gasteiger partial charge on any atom is 0.0464 e. The van der Waals surface area contributed by atoms with E-state index in [9.17, 15) is 0 Å². The van der Waals surface area contributed by atoms with Gasteiger partial charge in [0.2, 0.25) is 0 Å². The van der Waals surface area contributed by atoms with E-state index < -0.39 is 0 Å². The summed E-state index contributed by atoms with van der Waals surface area (Å²) in [6.45, 7) is 9.04. The summed E-state index contributed by atoms with van der Waals surface area (Å²) in [7, 11) is 0. The van der Waals surface area contributed by atoms with Crippen LogP contribution in [0.25, 0.3) is 0 Å². The lowest BCUT2D eigenvalue weighted by Crippen LogP contribution is -2.23. The van der Waals surface area contributed by atoms with E-state index in [-0.39, 0.29) is 5.41 Å². The molecule has 1 unspecified atom stereocenters. The normalized spacial score (nSPS) is 15.3. The Bertz CT molecular complexity index is 81.2. The molecule has 0 rings (SSSR count). The summed E-state index contributed by atoms with van der Waals surface area (Å²) < 4.78 is 0. The Balaban J connectivity index is 3.81. The zero-order valence-electron chi connectivity index (χ0n) is 7.65. The number of rotatable bonds is 3. The summed E-state index contributed by atoms with van der Waals surface area (Å²) in [6.07, 6.45) is 2.31. The highest BCUT2D eigenvalue weighted by atomic mass is 16.3. The van der Waals surface area contributed by atoms with Crippen molar-refractivity contribution in [3.63, 3.8) is 0 Å². The highest BCUT2D eigenvalue weighted by Crippen LogP contribution is 2.28. The fourth-order valence-electron chi connectivity index (χ4n) is 1.15. The van der Waals surface area contributed by atoms with Crippen molar-refractivity contribution in [1.29, 1.82) is 0 Å². The third kappa shape index (κ3) is 3.21. The molecule has 0 aliphatic carbocycles. The van der Waals surface area contributed by atoms with Gasteiger partial charge in [0.15, 0.2) is 0 Å². The number of hydrogen-bond donors (Lipinski definition) is 1. The van der Waals surface area contributed by atoms with Crippen LogP contribution in [0.1, 0.15) is 40.5 Å². The third-order valence-corrected chi connectivity index (χ3v) is 2.08. The molecule has 0 aromatic carbocycles. The largest absolute Gasteiger partial charge is 0.396 e. The van der Waals surface area contributed by atoms with Crippen LogP contribution in [-0.4, -0.2) is 11.7 Å². The third-order valence-electron chi connectivity index (χ3n) is 2.08. The second kappa shape index (κ2) is 3.97. The Morgan fingerprint density at radius 3 is 1.90 bits per heavy atom. The van der Waals surface area contributed by atoms with Crippen LogP contribution in [0.3, 0.4) is 0 Å². The first kappa shape index (κ1) is 9.96. The molecule has 0 amide bonds. The van der Waals surface area contributed by atoms with Crippen molar-refractivity contribution in [3.05, 3.63) is 0 Å². The highest BCUT2D eigenvalue weighted by molar-refractivity contribution is 4.72.